The Labute approximate surface area is 114 Å². The molecule has 0 atom stereocenters. The second-order valence-electron chi connectivity index (χ2n) is 5.77. The highest BCUT2D eigenvalue weighted by molar-refractivity contribution is 6.10. The molecule has 0 aromatic heterocycles. The van der Waals surface area contributed by atoms with Crippen LogP contribution in [0.1, 0.15) is 43.1 Å². The van der Waals surface area contributed by atoms with Crippen LogP contribution in [0.3, 0.4) is 0 Å². The maximum atomic E-state index is 12.5. The molecule has 1 heterocycles. The molecule has 2 rings (SSSR count). The van der Waals surface area contributed by atoms with Gasteiger partial charge in [-0.1, -0.05) is 26.8 Å². The van der Waals surface area contributed by atoms with E-state index in [1.165, 1.54) is 6.26 Å². The molecule has 0 saturated heterocycles. The van der Waals surface area contributed by atoms with E-state index in [0.717, 1.165) is 5.56 Å². The monoisotopic (exact) mass is 260 g/mol. The number of carbonyl (C=O) groups is 1. The molecule has 1 aromatic carbocycles. The second kappa shape index (κ2) is 5.08. The summed E-state index contributed by atoms with van der Waals surface area (Å²) >= 11 is 0. The average molecular weight is 260 g/mol. The molecule has 1 aromatic rings. The fourth-order valence-corrected chi connectivity index (χ4v) is 2.11. The molecular weight excluding hydrogens is 240 g/mol. The molecule has 0 spiro atoms. The summed E-state index contributed by atoms with van der Waals surface area (Å²) in [6.07, 6.45) is 2.09. The summed E-state index contributed by atoms with van der Waals surface area (Å²) in [5.41, 5.74) is 2.43. The summed E-state index contributed by atoms with van der Waals surface area (Å²) in [7, 11) is 1.55. The van der Waals surface area contributed by atoms with Crippen molar-refractivity contribution in [1.29, 1.82) is 0 Å². The van der Waals surface area contributed by atoms with Gasteiger partial charge in [-0.25, -0.2) is 0 Å². The van der Waals surface area contributed by atoms with Crippen LogP contribution >= 0.6 is 0 Å². The first-order chi connectivity index (χ1) is 8.93. The minimum atomic E-state index is 0.000417. The molecule has 0 aliphatic carbocycles. The second-order valence-corrected chi connectivity index (χ2v) is 5.77. The van der Waals surface area contributed by atoms with Gasteiger partial charge in [-0.3, -0.25) is 4.79 Å². The lowest BCUT2D eigenvalue weighted by molar-refractivity contribution is 0.102. The van der Waals surface area contributed by atoms with Crippen molar-refractivity contribution in [3.63, 3.8) is 0 Å². The minimum absolute atomic E-state index is 0.000417. The third-order valence-electron chi connectivity index (χ3n) is 3.27. The molecular formula is C16H20O3. The first-order valence-corrected chi connectivity index (χ1v) is 6.47. The molecule has 0 bridgehead atoms. The number of rotatable bonds is 1. The molecule has 1 aliphatic heterocycles. The number of hydrogen-bond donors (Lipinski definition) is 0. The van der Waals surface area contributed by atoms with Crippen LogP contribution in [0.4, 0.5) is 0 Å². The maximum absolute atomic E-state index is 12.5. The first-order valence-electron chi connectivity index (χ1n) is 6.47. The molecule has 3 heteroatoms. The highest BCUT2D eigenvalue weighted by Gasteiger charge is 2.24. The standard InChI is InChI=1S/C16H20O3/c1-16(2,3)12-5-6-14-13(9-12)15(17)11(10-18-4)7-8-19-14/h5-6,9-10H,7-8H2,1-4H3/b11-10-. The highest BCUT2D eigenvalue weighted by atomic mass is 16.5. The van der Waals surface area contributed by atoms with Crippen LogP contribution < -0.4 is 4.74 Å². The number of fused-ring (bicyclic) bond motifs is 1. The van der Waals surface area contributed by atoms with Gasteiger partial charge in [-0.05, 0) is 23.1 Å². The number of Topliss-reactive ketones (excluding diaryl/α,β-unsaturated/α-hetero) is 1. The van der Waals surface area contributed by atoms with Crippen LogP contribution in [0.5, 0.6) is 5.75 Å². The Morgan fingerprint density at radius 3 is 2.68 bits per heavy atom. The van der Waals surface area contributed by atoms with E-state index in [9.17, 15) is 4.79 Å². The summed E-state index contributed by atoms with van der Waals surface area (Å²) < 4.78 is 10.6. The summed E-state index contributed by atoms with van der Waals surface area (Å²) in [5.74, 6) is 0.665. The molecule has 0 radical (unpaired) electrons. The Kier molecular flexibility index (Phi) is 3.65. The van der Waals surface area contributed by atoms with Crippen LogP contribution in [0, 0.1) is 0 Å². The van der Waals surface area contributed by atoms with E-state index >= 15 is 0 Å². The van der Waals surface area contributed by atoms with Gasteiger partial charge in [0.05, 0.1) is 25.5 Å². The van der Waals surface area contributed by atoms with Crippen molar-refractivity contribution in [1.82, 2.24) is 0 Å². The zero-order chi connectivity index (χ0) is 14.0. The molecule has 0 N–H and O–H groups in total. The molecule has 0 unspecified atom stereocenters. The van der Waals surface area contributed by atoms with Gasteiger partial charge >= 0.3 is 0 Å². The maximum Gasteiger partial charge on any atom is 0.195 e. The largest absolute Gasteiger partial charge is 0.504 e. The van der Waals surface area contributed by atoms with Gasteiger partial charge in [-0.15, -0.1) is 0 Å². The Balaban J connectivity index is 2.50. The van der Waals surface area contributed by atoms with Crippen molar-refractivity contribution in [2.75, 3.05) is 13.7 Å². The van der Waals surface area contributed by atoms with Crippen molar-refractivity contribution in [2.24, 2.45) is 0 Å². The molecule has 0 amide bonds. The van der Waals surface area contributed by atoms with E-state index in [4.69, 9.17) is 9.47 Å². The van der Waals surface area contributed by atoms with E-state index in [0.29, 0.717) is 29.9 Å². The van der Waals surface area contributed by atoms with Crippen LogP contribution in [0.2, 0.25) is 0 Å². The van der Waals surface area contributed by atoms with Crippen molar-refractivity contribution in [3.05, 3.63) is 41.2 Å². The zero-order valence-electron chi connectivity index (χ0n) is 11.9. The van der Waals surface area contributed by atoms with Crippen LogP contribution in [-0.2, 0) is 10.2 Å². The van der Waals surface area contributed by atoms with Gasteiger partial charge in [0, 0.05) is 12.0 Å². The zero-order valence-corrected chi connectivity index (χ0v) is 11.9. The molecule has 102 valence electrons. The lowest BCUT2D eigenvalue weighted by Gasteiger charge is -2.20. The Bertz CT molecular complexity index is 521. The Morgan fingerprint density at radius 1 is 1.32 bits per heavy atom. The van der Waals surface area contributed by atoms with E-state index in [1.54, 1.807) is 7.11 Å². The van der Waals surface area contributed by atoms with E-state index in [-0.39, 0.29) is 11.2 Å². The van der Waals surface area contributed by atoms with Crippen molar-refractivity contribution in [3.8, 4) is 5.75 Å². The van der Waals surface area contributed by atoms with Gasteiger partial charge < -0.3 is 9.47 Å². The predicted molar refractivity (Wildman–Crippen MR) is 74.7 cm³/mol. The average Bonchev–Trinajstić information content (AvgIpc) is 2.49. The number of benzene rings is 1. The third-order valence-corrected chi connectivity index (χ3v) is 3.27. The van der Waals surface area contributed by atoms with Gasteiger partial charge in [0.2, 0.25) is 0 Å². The van der Waals surface area contributed by atoms with Gasteiger partial charge in [0.25, 0.3) is 0 Å². The highest BCUT2D eigenvalue weighted by Crippen LogP contribution is 2.31. The SMILES string of the molecule is CO/C=C1/CCOc2ccc(C(C)(C)C)cc2C1=O. The smallest absolute Gasteiger partial charge is 0.195 e. The predicted octanol–water partition coefficient (Wildman–Crippen LogP) is 3.48. The van der Waals surface area contributed by atoms with Crippen LogP contribution in [0.25, 0.3) is 0 Å². The lowest BCUT2D eigenvalue weighted by atomic mass is 9.85. The lowest BCUT2D eigenvalue weighted by Crippen LogP contribution is -2.13. The van der Waals surface area contributed by atoms with Crippen molar-refractivity contribution < 1.29 is 14.3 Å². The van der Waals surface area contributed by atoms with Gasteiger partial charge in [0.15, 0.2) is 5.78 Å². The molecule has 0 fully saturated rings. The fourth-order valence-electron chi connectivity index (χ4n) is 2.11. The topological polar surface area (TPSA) is 35.5 Å². The summed E-state index contributed by atoms with van der Waals surface area (Å²) in [4.78, 5) is 12.5. The van der Waals surface area contributed by atoms with E-state index in [1.807, 2.05) is 18.2 Å². The molecule has 19 heavy (non-hydrogen) atoms. The number of carbonyl (C=O) groups excluding carboxylic acids is 1. The molecule has 3 nitrogen and oxygen atoms in total. The number of methoxy groups -OCH3 is 1. The van der Waals surface area contributed by atoms with Crippen molar-refractivity contribution in [2.45, 2.75) is 32.6 Å². The van der Waals surface area contributed by atoms with Crippen LogP contribution in [-0.4, -0.2) is 19.5 Å². The minimum Gasteiger partial charge on any atom is -0.504 e. The summed E-state index contributed by atoms with van der Waals surface area (Å²) in [6.45, 7) is 6.89. The van der Waals surface area contributed by atoms with E-state index in [2.05, 4.69) is 20.8 Å². The van der Waals surface area contributed by atoms with Gasteiger partial charge in [0.1, 0.15) is 5.75 Å². The van der Waals surface area contributed by atoms with Gasteiger partial charge in [-0.2, -0.15) is 0 Å². The Morgan fingerprint density at radius 2 is 2.05 bits per heavy atom. The number of ketones is 1. The summed E-state index contributed by atoms with van der Waals surface area (Å²) in [5, 5.41) is 0. The number of hydrogen-bond acceptors (Lipinski definition) is 3. The Hall–Kier alpha value is -1.77. The normalized spacial score (nSPS) is 17.7. The van der Waals surface area contributed by atoms with E-state index < -0.39 is 0 Å². The fraction of sp³-hybridized carbons (Fsp3) is 0.438. The molecule has 0 saturated carbocycles. The quantitative estimate of drug-likeness (QED) is 0.573. The third kappa shape index (κ3) is 2.80. The first kappa shape index (κ1) is 13.7. The van der Waals surface area contributed by atoms with Crippen LogP contribution in [0.15, 0.2) is 30.0 Å². The number of ether oxygens (including phenoxy) is 2. The van der Waals surface area contributed by atoms with Crippen molar-refractivity contribution >= 4 is 5.78 Å². The summed E-state index contributed by atoms with van der Waals surface area (Å²) in [6, 6.07) is 5.85. The molecule has 1 aliphatic rings.